The number of carbonyl (C=O) groups excluding carboxylic acids is 1. The van der Waals surface area contributed by atoms with Crippen LogP contribution in [0.3, 0.4) is 0 Å². The van der Waals surface area contributed by atoms with Crippen LogP contribution in [-0.4, -0.2) is 20.3 Å². The normalized spacial score (nSPS) is 10.3. The summed E-state index contributed by atoms with van der Waals surface area (Å²) in [6.07, 6.45) is 1.21. The van der Waals surface area contributed by atoms with Crippen LogP contribution in [0.5, 0.6) is 0 Å². The molecule has 0 bridgehead atoms. The first-order valence-corrected chi connectivity index (χ1v) is 5.33. The van der Waals surface area contributed by atoms with Crippen LogP contribution in [0, 0.1) is 10.1 Å². The van der Waals surface area contributed by atoms with Gasteiger partial charge < -0.3 is 10.1 Å². The summed E-state index contributed by atoms with van der Waals surface area (Å²) in [6.45, 7) is 0. The molecule has 0 fully saturated rings. The summed E-state index contributed by atoms with van der Waals surface area (Å²) in [4.78, 5) is 26.0. The summed E-state index contributed by atoms with van der Waals surface area (Å²) in [7, 11) is 1.53. The Morgan fingerprint density at radius 3 is 2.61 bits per heavy atom. The fourth-order valence-electron chi connectivity index (χ4n) is 1.64. The molecular weight excluding hydrogens is 234 g/mol. The molecule has 18 heavy (non-hydrogen) atoms. The second-order valence-corrected chi connectivity index (χ2v) is 3.81. The molecule has 92 valence electrons. The van der Waals surface area contributed by atoms with Crippen molar-refractivity contribution in [3.05, 3.63) is 58.0 Å². The van der Waals surface area contributed by atoms with Gasteiger partial charge in [-0.15, -0.1) is 0 Å². The van der Waals surface area contributed by atoms with Crippen LogP contribution in [0.1, 0.15) is 16.2 Å². The zero-order valence-corrected chi connectivity index (χ0v) is 9.74. The number of nitrogens with zero attached hydrogens (tertiary/aromatic N) is 3. The van der Waals surface area contributed by atoms with Crippen molar-refractivity contribution < 1.29 is 9.72 Å². The molecule has 0 saturated heterocycles. The molecule has 0 spiro atoms. The average molecular weight is 245 g/mol. The maximum absolute atomic E-state index is 11.9. The van der Waals surface area contributed by atoms with E-state index < -0.39 is 4.92 Å². The van der Waals surface area contributed by atoms with Gasteiger partial charge in [-0.2, -0.15) is 0 Å². The van der Waals surface area contributed by atoms with Crippen LogP contribution in [0.2, 0.25) is 0 Å². The maximum Gasteiger partial charge on any atom is 0.342 e. The molecule has 0 unspecified atom stereocenters. The highest BCUT2D eigenvalue weighted by Crippen LogP contribution is 2.13. The van der Waals surface area contributed by atoms with Gasteiger partial charge in [0.15, 0.2) is 5.78 Å². The van der Waals surface area contributed by atoms with E-state index in [1.54, 1.807) is 24.3 Å². The molecule has 0 N–H and O–H groups in total. The first-order chi connectivity index (χ1) is 8.59. The number of ketones is 1. The summed E-state index contributed by atoms with van der Waals surface area (Å²) in [5, 5.41) is 10.7. The Balaban J connectivity index is 2.20. The molecule has 2 rings (SSSR count). The minimum atomic E-state index is -0.524. The Kier molecular flexibility index (Phi) is 3.18. The lowest BCUT2D eigenvalue weighted by Crippen LogP contribution is -2.09. The number of Topliss-reactive ketones (excluding diaryl/α,β-unsaturated/α-hetero) is 1. The molecule has 0 atom stereocenters. The van der Waals surface area contributed by atoms with Gasteiger partial charge in [-0.1, -0.05) is 30.3 Å². The Bertz CT molecular complexity index is 590. The summed E-state index contributed by atoms with van der Waals surface area (Å²) in [6, 6.07) is 8.78. The summed E-state index contributed by atoms with van der Waals surface area (Å²) in [5.74, 6) is 0.153. The largest absolute Gasteiger partial charge is 0.358 e. The quantitative estimate of drug-likeness (QED) is 0.467. The van der Waals surface area contributed by atoms with E-state index in [1.165, 1.54) is 11.6 Å². The van der Waals surface area contributed by atoms with Crippen molar-refractivity contribution in [1.82, 2.24) is 9.55 Å². The minimum absolute atomic E-state index is 0.0500. The third-order valence-corrected chi connectivity index (χ3v) is 2.66. The fraction of sp³-hybridized carbons (Fsp3) is 0.167. The number of hydrogen-bond acceptors (Lipinski definition) is 4. The van der Waals surface area contributed by atoms with Crippen molar-refractivity contribution in [3.8, 4) is 0 Å². The maximum atomic E-state index is 11.9. The van der Waals surface area contributed by atoms with Gasteiger partial charge in [0.1, 0.15) is 6.20 Å². The number of imidazole rings is 1. The standard InChI is InChI=1S/C12H11N3O3/c1-14-11(13-8-12(14)15(17)18)7-10(16)9-5-3-2-4-6-9/h2-6,8H,7H2,1H3. The van der Waals surface area contributed by atoms with Gasteiger partial charge in [-0.05, 0) is 4.92 Å². The van der Waals surface area contributed by atoms with Crippen LogP contribution in [0.15, 0.2) is 36.5 Å². The van der Waals surface area contributed by atoms with Crippen LogP contribution >= 0.6 is 0 Å². The number of carbonyl (C=O) groups is 1. The van der Waals surface area contributed by atoms with Crippen molar-refractivity contribution in [2.24, 2.45) is 7.05 Å². The molecule has 0 aliphatic carbocycles. The van der Waals surface area contributed by atoms with Crippen molar-refractivity contribution in [1.29, 1.82) is 0 Å². The molecule has 1 heterocycles. The third-order valence-electron chi connectivity index (χ3n) is 2.66. The van der Waals surface area contributed by atoms with Gasteiger partial charge in [-0.25, -0.2) is 9.55 Å². The van der Waals surface area contributed by atoms with Crippen LogP contribution < -0.4 is 0 Å². The topological polar surface area (TPSA) is 78.0 Å². The van der Waals surface area contributed by atoms with Gasteiger partial charge in [0.2, 0.25) is 5.82 Å². The van der Waals surface area contributed by atoms with Gasteiger partial charge in [0.05, 0.1) is 13.5 Å². The average Bonchev–Trinajstić information content (AvgIpc) is 2.72. The Labute approximate surface area is 103 Å². The Morgan fingerprint density at radius 2 is 2.06 bits per heavy atom. The van der Waals surface area contributed by atoms with E-state index in [-0.39, 0.29) is 18.0 Å². The third kappa shape index (κ3) is 2.27. The second kappa shape index (κ2) is 4.79. The minimum Gasteiger partial charge on any atom is -0.358 e. The SMILES string of the molecule is Cn1c([N+](=O)[O-])cnc1CC(=O)c1ccccc1. The molecule has 0 aliphatic heterocycles. The summed E-state index contributed by atoms with van der Waals surface area (Å²) >= 11 is 0. The number of benzene rings is 1. The van der Waals surface area contributed by atoms with E-state index in [2.05, 4.69) is 4.98 Å². The van der Waals surface area contributed by atoms with E-state index in [4.69, 9.17) is 0 Å². The van der Waals surface area contributed by atoms with Crippen molar-refractivity contribution in [3.63, 3.8) is 0 Å². The number of aromatic nitrogens is 2. The number of rotatable bonds is 4. The Hall–Kier alpha value is -2.50. The fourth-order valence-corrected chi connectivity index (χ4v) is 1.64. The number of nitro groups is 1. The Morgan fingerprint density at radius 1 is 1.39 bits per heavy atom. The number of hydrogen-bond donors (Lipinski definition) is 0. The van der Waals surface area contributed by atoms with Gasteiger partial charge in [0, 0.05) is 5.56 Å². The van der Waals surface area contributed by atoms with Crippen LogP contribution in [0.25, 0.3) is 0 Å². The highest BCUT2D eigenvalue weighted by Gasteiger charge is 2.19. The molecule has 0 amide bonds. The zero-order chi connectivity index (χ0) is 13.1. The van der Waals surface area contributed by atoms with E-state index in [9.17, 15) is 14.9 Å². The molecule has 0 saturated carbocycles. The lowest BCUT2D eigenvalue weighted by molar-refractivity contribution is -0.391. The molecular formula is C12H11N3O3. The zero-order valence-electron chi connectivity index (χ0n) is 9.74. The second-order valence-electron chi connectivity index (χ2n) is 3.81. The molecule has 0 radical (unpaired) electrons. The monoisotopic (exact) mass is 245 g/mol. The molecule has 0 aliphatic rings. The molecule has 1 aromatic carbocycles. The van der Waals surface area contributed by atoms with Crippen molar-refractivity contribution in [2.75, 3.05) is 0 Å². The first-order valence-electron chi connectivity index (χ1n) is 5.33. The predicted octanol–water partition coefficient (Wildman–Crippen LogP) is 1.75. The first kappa shape index (κ1) is 12.0. The lowest BCUT2D eigenvalue weighted by atomic mass is 10.1. The van der Waals surface area contributed by atoms with E-state index in [0.29, 0.717) is 11.4 Å². The summed E-state index contributed by atoms with van der Waals surface area (Å²) in [5.41, 5.74) is 0.572. The van der Waals surface area contributed by atoms with E-state index in [1.807, 2.05) is 6.07 Å². The van der Waals surface area contributed by atoms with Crippen molar-refractivity contribution >= 4 is 11.6 Å². The molecule has 1 aromatic heterocycles. The van der Waals surface area contributed by atoms with Gasteiger partial charge >= 0.3 is 5.82 Å². The smallest absolute Gasteiger partial charge is 0.342 e. The van der Waals surface area contributed by atoms with Crippen molar-refractivity contribution in [2.45, 2.75) is 6.42 Å². The van der Waals surface area contributed by atoms with Gasteiger partial charge in [0.25, 0.3) is 0 Å². The van der Waals surface area contributed by atoms with E-state index >= 15 is 0 Å². The van der Waals surface area contributed by atoms with Gasteiger partial charge in [-0.3, -0.25) is 4.79 Å². The molecule has 2 aromatic rings. The highest BCUT2D eigenvalue weighted by atomic mass is 16.6. The highest BCUT2D eigenvalue weighted by molar-refractivity contribution is 5.97. The van der Waals surface area contributed by atoms with E-state index in [0.717, 1.165) is 6.20 Å². The lowest BCUT2D eigenvalue weighted by Gasteiger charge is -1.99. The predicted molar refractivity (Wildman–Crippen MR) is 64.3 cm³/mol. The molecule has 6 heteroatoms. The molecule has 6 nitrogen and oxygen atoms in total. The van der Waals surface area contributed by atoms with Crippen LogP contribution in [-0.2, 0) is 13.5 Å². The summed E-state index contributed by atoms with van der Waals surface area (Å²) < 4.78 is 1.32. The van der Waals surface area contributed by atoms with Crippen LogP contribution in [0.4, 0.5) is 5.82 Å².